The molecule has 4 nitrogen and oxygen atoms in total. The highest BCUT2D eigenvalue weighted by Crippen LogP contribution is 2.53. The summed E-state index contributed by atoms with van der Waals surface area (Å²) in [5.41, 5.74) is 0.301. The van der Waals surface area contributed by atoms with Gasteiger partial charge in [0, 0.05) is 17.9 Å². The number of pyridine rings is 1. The molecule has 2 bridgehead atoms. The molecule has 2 aromatic heterocycles. The van der Waals surface area contributed by atoms with E-state index in [9.17, 15) is 4.79 Å². The lowest BCUT2D eigenvalue weighted by Gasteiger charge is -2.52. The number of nitrogens with zero attached hydrogens (tertiary/aromatic N) is 2. The lowest BCUT2D eigenvalue weighted by molar-refractivity contribution is -0.00138. The van der Waals surface area contributed by atoms with Crippen molar-refractivity contribution in [1.29, 1.82) is 0 Å². The number of rotatable bonds is 2. The zero-order chi connectivity index (χ0) is 14.7. The van der Waals surface area contributed by atoms with Gasteiger partial charge in [-0.3, -0.25) is 14.7 Å². The quantitative estimate of drug-likeness (QED) is 0.927. The van der Waals surface area contributed by atoms with Crippen LogP contribution >= 0.6 is 11.3 Å². The van der Waals surface area contributed by atoms with E-state index < -0.39 is 0 Å². The van der Waals surface area contributed by atoms with Crippen LogP contribution in [0.5, 0.6) is 0 Å². The van der Waals surface area contributed by atoms with Crippen molar-refractivity contribution in [3.05, 3.63) is 29.4 Å². The summed E-state index contributed by atoms with van der Waals surface area (Å²) in [7, 11) is 0. The molecule has 1 saturated carbocycles. The SMILES string of the molecule is O=C(N[C@H]1C2CCN(CC2)C12CC2)c1cc2ccncc2s1. The molecule has 1 atom stereocenters. The molecule has 3 saturated heterocycles. The molecule has 6 rings (SSSR count). The average Bonchev–Trinajstić information content (AvgIpc) is 3.20. The minimum absolute atomic E-state index is 0.103. The number of thiophene rings is 1. The molecule has 1 spiro atoms. The standard InChI is InChI=1S/C17H19N3OS/c21-16(13-9-12-1-6-18-10-14(12)22-13)19-15-11-2-7-20(8-3-11)17(15)4-5-17/h1,6,9-11,15H,2-5,7-8H2,(H,19,21)/t15-/m0/s1. The first-order valence-electron chi connectivity index (χ1n) is 8.16. The minimum atomic E-state index is 0.103. The first kappa shape index (κ1) is 13.0. The maximum Gasteiger partial charge on any atom is 0.261 e. The van der Waals surface area contributed by atoms with Crippen molar-refractivity contribution < 1.29 is 4.79 Å². The lowest BCUT2D eigenvalue weighted by atomic mass is 9.77. The Morgan fingerprint density at radius 1 is 1.36 bits per heavy atom. The molecule has 5 heterocycles. The molecular weight excluding hydrogens is 294 g/mol. The Morgan fingerprint density at radius 3 is 2.91 bits per heavy atom. The summed E-state index contributed by atoms with van der Waals surface area (Å²) in [5, 5.41) is 4.50. The predicted molar refractivity (Wildman–Crippen MR) is 87.1 cm³/mol. The smallest absolute Gasteiger partial charge is 0.261 e. The Balaban J connectivity index is 1.42. The second kappa shape index (κ2) is 4.52. The molecule has 22 heavy (non-hydrogen) atoms. The Labute approximate surface area is 133 Å². The molecule has 0 unspecified atom stereocenters. The van der Waals surface area contributed by atoms with E-state index in [1.54, 1.807) is 17.5 Å². The van der Waals surface area contributed by atoms with Crippen molar-refractivity contribution in [3.8, 4) is 0 Å². The number of aromatic nitrogens is 1. The molecule has 0 aromatic carbocycles. The summed E-state index contributed by atoms with van der Waals surface area (Å²) in [5.74, 6) is 0.777. The minimum Gasteiger partial charge on any atom is -0.346 e. The van der Waals surface area contributed by atoms with Crippen LogP contribution in [-0.2, 0) is 0 Å². The van der Waals surface area contributed by atoms with Crippen molar-refractivity contribution in [3.63, 3.8) is 0 Å². The first-order chi connectivity index (χ1) is 10.8. The molecular formula is C17H19N3OS. The van der Waals surface area contributed by atoms with Gasteiger partial charge in [0.1, 0.15) is 0 Å². The zero-order valence-electron chi connectivity index (χ0n) is 12.4. The van der Waals surface area contributed by atoms with Crippen molar-refractivity contribution >= 4 is 27.3 Å². The zero-order valence-corrected chi connectivity index (χ0v) is 13.2. The normalized spacial score (nSPS) is 31.5. The summed E-state index contributed by atoms with van der Waals surface area (Å²) in [6, 6.07) is 4.32. The lowest BCUT2D eigenvalue weighted by Crippen LogP contribution is -2.65. The molecule has 1 N–H and O–H groups in total. The van der Waals surface area contributed by atoms with Crippen LogP contribution in [0.15, 0.2) is 24.5 Å². The average molecular weight is 313 g/mol. The van der Waals surface area contributed by atoms with E-state index in [1.807, 2.05) is 18.3 Å². The summed E-state index contributed by atoms with van der Waals surface area (Å²) in [6.45, 7) is 2.46. The highest BCUT2D eigenvalue weighted by molar-refractivity contribution is 7.20. The van der Waals surface area contributed by atoms with E-state index in [1.165, 1.54) is 38.8 Å². The number of hydrogen-bond donors (Lipinski definition) is 1. The first-order valence-corrected chi connectivity index (χ1v) is 8.97. The summed E-state index contributed by atoms with van der Waals surface area (Å²) >= 11 is 1.55. The molecule has 2 aromatic rings. The monoisotopic (exact) mass is 313 g/mol. The van der Waals surface area contributed by atoms with E-state index >= 15 is 0 Å². The van der Waals surface area contributed by atoms with Crippen LogP contribution in [0.4, 0.5) is 0 Å². The van der Waals surface area contributed by atoms with Gasteiger partial charge in [0.05, 0.1) is 15.6 Å². The van der Waals surface area contributed by atoms with Gasteiger partial charge in [-0.15, -0.1) is 11.3 Å². The van der Waals surface area contributed by atoms with E-state index in [-0.39, 0.29) is 5.91 Å². The molecule has 4 aliphatic rings. The number of carbonyl (C=O) groups excluding carboxylic acids is 1. The maximum absolute atomic E-state index is 12.7. The van der Waals surface area contributed by atoms with E-state index in [0.29, 0.717) is 17.5 Å². The number of amides is 1. The van der Waals surface area contributed by atoms with Crippen LogP contribution in [0.3, 0.4) is 0 Å². The summed E-state index contributed by atoms with van der Waals surface area (Å²) < 4.78 is 1.09. The number of nitrogens with one attached hydrogen (secondary N) is 1. The van der Waals surface area contributed by atoms with Gasteiger partial charge in [-0.05, 0) is 62.2 Å². The van der Waals surface area contributed by atoms with Crippen LogP contribution in [-0.4, -0.2) is 40.5 Å². The topological polar surface area (TPSA) is 45.2 Å². The van der Waals surface area contributed by atoms with Crippen LogP contribution in [0.1, 0.15) is 35.4 Å². The third kappa shape index (κ3) is 1.78. The highest BCUT2D eigenvalue weighted by Gasteiger charge is 2.60. The number of fused-ring (bicyclic) bond motifs is 3. The second-order valence-corrected chi connectivity index (χ2v) is 7.99. The van der Waals surface area contributed by atoms with E-state index in [2.05, 4.69) is 15.2 Å². The van der Waals surface area contributed by atoms with Gasteiger partial charge in [0.25, 0.3) is 5.91 Å². The van der Waals surface area contributed by atoms with Crippen LogP contribution in [0.2, 0.25) is 0 Å². The molecule has 5 heteroatoms. The number of carbonyl (C=O) groups is 1. The number of piperidine rings is 3. The third-order valence-electron chi connectivity index (χ3n) is 5.82. The number of hydrogen-bond acceptors (Lipinski definition) is 4. The van der Waals surface area contributed by atoms with Gasteiger partial charge in [-0.2, -0.15) is 0 Å². The Morgan fingerprint density at radius 2 is 2.18 bits per heavy atom. The van der Waals surface area contributed by atoms with Crippen molar-refractivity contribution in [1.82, 2.24) is 15.2 Å². The van der Waals surface area contributed by atoms with Crippen molar-refractivity contribution in [2.75, 3.05) is 13.1 Å². The maximum atomic E-state index is 12.7. The van der Waals surface area contributed by atoms with E-state index in [0.717, 1.165) is 15.0 Å². The fourth-order valence-electron chi connectivity index (χ4n) is 4.53. The second-order valence-electron chi connectivity index (χ2n) is 6.90. The van der Waals surface area contributed by atoms with Gasteiger partial charge >= 0.3 is 0 Å². The molecule has 1 aliphatic carbocycles. The van der Waals surface area contributed by atoms with Gasteiger partial charge in [0.2, 0.25) is 0 Å². The van der Waals surface area contributed by atoms with Gasteiger partial charge < -0.3 is 5.32 Å². The Bertz CT molecular complexity index is 710. The highest BCUT2D eigenvalue weighted by atomic mass is 32.1. The fourth-order valence-corrected chi connectivity index (χ4v) is 5.46. The Hall–Kier alpha value is -1.46. The molecule has 3 aliphatic heterocycles. The van der Waals surface area contributed by atoms with Gasteiger partial charge in [-0.1, -0.05) is 0 Å². The van der Waals surface area contributed by atoms with Gasteiger partial charge in [-0.25, -0.2) is 0 Å². The van der Waals surface area contributed by atoms with Crippen LogP contribution in [0, 0.1) is 5.92 Å². The van der Waals surface area contributed by atoms with Crippen molar-refractivity contribution in [2.45, 2.75) is 37.3 Å². The molecule has 1 amide bonds. The largest absolute Gasteiger partial charge is 0.346 e. The van der Waals surface area contributed by atoms with Gasteiger partial charge in [0.15, 0.2) is 0 Å². The van der Waals surface area contributed by atoms with Crippen LogP contribution < -0.4 is 5.32 Å². The fraction of sp³-hybridized carbons (Fsp3) is 0.529. The van der Waals surface area contributed by atoms with Crippen molar-refractivity contribution in [2.24, 2.45) is 5.92 Å². The molecule has 0 radical (unpaired) electrons. The summed E-state index contributed by atoms with van der Waals surface area (Å²) in [6.07, 6.45) is 8.61. The van der Waals surface area contributed by atoms with E-state index in [4.69, 9.17) is 0 Å². The molecule has 114 valence electrons. The predicted octanol–water partition coefficient (Wildman–Crippen LogP) is 2.65. The van der Waals surface area contributed by atoms with Crippen LogP contribution in [0.25, 0.3) is 10.1 Å². The third-order valence-corrected chi connectivity index (χ3v) is 6.90. The molecule has 4 fully saturated rings. The Kier molecular flexibility index (Phi) is 2.68. The summed E-state index contributed by atoms with van der Waals surface area (Å²) in [4.78, 5) is 20.3.